The Labute approximate surface area is 374 Å². The molecule has 6 nitrogen and oxygen atoms in total. The molecule has 0 bridgehead atoms. The summed E-state index contributed by atoms with van der Waals surface area (Å²) in [6.45, 7) is 13.7. The molecule has 1 unspecified atom stereocenters. The second-order valence-electron chi connectivity index (χ2n) is 19.7. The highest BCUT2D eigenvalue weighted by atomic mass is 16.6. The van der Waals surface area contributed by atoms with E-state index in [1.54, 1.807) is 0 Å². The van der Waals surface area contributed by atoms with Crippen molar-refractivity contribution in [2.45, 2.75) is 298 Å². The molecule has 356 valence electrons. The standard InChI is InChI=1S/C54H104O6/c1-7-50(6)42-36-30-24-18-12-10-8-9-11-13-19-25-31-37-43-52(55)58-46-51(60-54(57)45-39-33-27-21-15-17-23-29-35-41-49(4)5)47-59-53(56)44-38-32-26-20-14-16-22-28-34-40-48(2)3/h48-51H,7-47H2,1-6H3/t50?,51-/m0/s1. The minimum absolute atomic E-state index is 0.0648. The van der Waals surface area contributed by atoms with Crippen molar-refractivity contribution in [1.82, 2.24) is 0 Å². The van der Waals surface area contributed by atoms with Crippen molar-refractivity contribution >= 4 is 17.9 Å². The fraction of sp³-hybridized carbons (Fsp3) is 0.944. The van der Waals surface area contributed by atoms with Crippen molar-refractivity contribution in [3.05, 3.63) is 0 Å². The second-order valence-corrected chi connectivity index (χ2v) is 19.7. The lowest BCUT2D eigenvalue weighted by Gasteiger charge is -2.18. The summed E-state index contributed by atoms with van der Waals surface area (Å²) >= 11 is 0. The van der Waals surface area contributed by atoms with E-state index in [9.17, 15) is 14.4 Å². The zero-order valence-corrected chi connectivity index (χ0v) is 41.3. The Morgan fingerprint density at radius 3 is 0.867 bits per heavy atom. The maximum absolute atomic E-state index is 12.8. The SMILES string of the molecule is CCC(C)CCCCCCCCCCCCCCCCC(=O)OC[C@@H](COC(=O)CCCCCCCCCCCC(C)C)OC(=O)CCCCCCCCCCCC(C)C. The van der Waals surface area contributed by atoms with Gasteiger partial charge >= 0.3 is 17.9 Å². The van der Waals surface area contributed by atoms with Gasteiger partial charge in [0.1, 0.15) is 13.2 Å². The van der Waals surface area contributed by atoms with Gasteiger partial charge in [-0.05, 0) is 37.0 Å². The van der Waals surface area contributed by atoms with Gasteiger partial charge in [0.25, 0.3) is 0 Å². The fourth-order valence-corrected chi connectivity index (χ4v) is 8.08. The van der Waals surface area contributed by atoms with Crippen molar-refractivity contribution in [3.63, 3.8) is 0 Å². The predicted octanol–water partition coefficient (Wildman–Crippen LogP) is 17.2. The van der Waals surface area contributed by atoms with Crippen LogP contribution < -0.4 is 0 Å². The van der Waals surface area contributed by atoms with Crippen LogP contribution in [-0.2, 0) is 28.6 Å². The molecule has 0 amide bonds. The molecule has 0 saturated carbocycles. The molecule has 0 radical (unpaired) electrons. The molecule has 0 aromatic rings. The number of esters is 3. The summed E-state index contributed by atoms with van der Waals surface area (Å²) in [4.78, 5) is 38.0. The lowest BCUT2D eigenvalue weighted by Crippen LogP contribution is -2.30. The van der Waals surface area contributed by atoms with Gasteiger partial charge in [-0.3, -0.25) is 14.4 Å². The maximum atomic E-state index is 12.8. The molecule has 0 N–H and O–H groups in total. The highest BCUT2D eigenvalue weighted by molar-refractivity contribution is 5.71. The predicted molar refractivity (Wildman–Crippen MR) is 256 cm³/mol. The molecule has 0 spiro atoms. The molecule has 0 aliphatic carbocycles. The number of unbranched alkanes of at least 4 members (excludes halogenated alkanes) is 29. The van der Waals surface area contributed by atoms with Crippen LogP contribution in [0.4, 0.5) is 0 Å². The van der Waals surface area contributed by atoms with Gasteiger partial charge in [-0.1, -0.05) is 253 Å². The molecule has 0 aliphatic heterocycles. The summed E-state index contributed by atoms with van der Waals surface area (Å²) in [5.74, 6) is 1.66. The highest BCUT2D eigenvalue weighted by Crippen LogP contribution is 2.18. The van der Waals surface area contributed by atoms with E-state index in [0.29, 0.717) is 19.3 Å². The molecule has 0 rings (SSSR count). The number of rotatable bonds is 47. The fourth-order valence-electron chi connectivity index (χ4n) is 8.08. The molecule has 0 fully saturated rings. The molecule has 0 aromatic heterocycles. The molecule has 6 heteroatoms. The minimum atomic E-state index is -0.763. The van der Waals surface area contributed by atoms with Crippen LogP contribution in [0.15, 0.2) is 0 Å². The average molecular weight is 849 g/mol. The minimum Gasteiger partial charge on any atom is -0.462 e. The number of ether oxygens (including phenoxy) is 3. The van der Waals surface area contributed by atoms with Gasteiger partial charge < -0.3 is 14.2 Å². The molecular weight excluding hydrogens is 745 g/mol. The third kappa shape index (κ3) is 45.9. The smallest absolute Gasteiger partial charge is 0.306 e. The largest absolute Gasteiger partial charge is 0.462 e. The van der Waals surface area contributed by atoms with Crippen molar-refractivity contribution < 1.29 is 28.6 Å². The van der Waals surface area contributed by atoms with E-state index < -0.39 is 6.10 Å². The molecular formula is C54H104O6. The monoisotopic (exact) mass is 849 g/mol. The van der Waals surface area contributed by atoms with Crippen molar-refractivity contribution in [1.29, 1.82) is 0 Å². The van der Waals surface area contributed by atoms with Crippen LogP contribution in [0.3, 0.4) is 0 Å². The first-order valence-corrected chi connectivity index (χ1v) is 26.6. The molecule has 0 aliphatic rings. The van der Waals surface area contributed by atoms with E-state index >= 15 is 0 Å². The Bertz CT molecular complexity index is 931. The zero-order chi connectivity index (χ0) is 44.2. The first kappa shape index (κ1) is 58.4. The maximum Gasteiger partial charge on any atom is 0.306 e. The van der Waals surface area contributed by atoms with Crippen LogP contribution in [-0.4, -0.2) is 37.2 Å². The second kappa shape index (κ2) is 45.4. The van der Waals surface area contributed by atoms with Crippen molar-refractivity contribution in [3.8, 4) is 0 Å². The molecule has 0 saturated heterocycles. The van der Waals surface area contributed by atoms with Crippen molar-refractivity contribution in [2.24, 2.45) is 17.8 Å². The van der Waals surface area contributed by atoms with E-state index in [4.69, 9.17) is 14.2 Å². The van der Waals surface area contributed by atoms with Gasteiger partial charge in [0.05, 0.1) is 0 Å². The van der Waals surface area contributed by atoms with Gasteiger partial charge in [0.2, 0.25) is 0 Å². The number of carbonyl (C=O) groups is 3. The van der Waals surface area contributed by atoms with E-state index in [1.807, 2.05) is 0 Å². The van der Waals surface area contributed by atoms with Gasteiger partial charge in [-0.25, -0.2) is 0 Å². The van der Waals surface area contributed by atoms with Crippen LogP contribution in [0.25, 0.3) is 0 Å². The van der Waals surface area contributed by atoms with Gasteiger partial charge in [0.15, 0.2) is 6.10 Å². The summed E-state index contributed by atoms with van der Waals surface area (Å²) in [5, 5.41) is 0. The lowest BCUT2D eigenvalue weighted by molar-refractivity contribution is -0.167. The third-order valence-electron chi connectivity index (χ3n) is 12.5. The lowest BCUT2D eigenvalue weighted by atomic mass is 9.99. The van der Waals surface area contributed by atoms with Crippen LogP contribution in [0.5, 0.6) is 0 Å². The van der Waals surface area contributed by atoms with Gasteiger partial charge in [-0.2, -0.15) is 0 Å². The zero-order valence-electron chi connectivity index (χ0n) is 41.3. The quantitative estimate of drug-likeness (QED) is 0.0345. The summed E-state index contributed by atoms with van der Waals surface area (Å²) in [6.07, 6.45) is 45.2. The first-order valence-electron chi connectivity index (χ1n) is 26.6. The van der Waals surface area contributed by atoms with E-state index in [1.165, 1.54) is 173 Å². The van der Waals surface area contributed by atoms with Crippen LogP contribution >= 0.6 is 0 Å². The average Bonchev–Trinajstić information content (AvgIpc) is 3.22. The Kier molecular flexibility index (Phi) is 44.2. The molecule has 60 heavy (non-hydrogen) atoms. The normalized spacial score (nSPS) is 12.6. The first-order chi connectivity index (χ1) is 29.1. The Hall–Kier alpha value is -1.59. The summed E-state index contributed by atoms with van der Waals surface area (Å²) < 4.78 is 16.8. The highest BCUT2D eigenvalue weighted by Gasteiger charge is 2.19. The number of carbonyl (C=O) groups excluding carboxylic acids is 3. The summed E-state index contributed by atoms with van der Waals surface area (Å²) in [6, 6.07) is 0. The number of hydrogen-bond donors (Lipinski definition) is 0. The number of hydrogen-bond acceptors (Lipinski definition) is 6. The topological polar surface area (TPSA) is 78.9 Å². The molecule has 2 atom stereocenters. The van der Waals surface area contributed by atoms with Crippen LogP contribution in [0.2, 0.25) is 0 Å². The van der Waals surface area contributed by atoms with E-state index in [0.717, 1.165) is 75.5 Å². The van der Waals surface area contributed by atoms with Crippen molar-refractivity contribution in [2.75, 3.05) is 13.2 Å². The van der Waals surface area contributed by atoms with E-state index in [-0.39, 0.29) is 31.1 Å². The Morgan fingerprint density at radius 2 is 0.583 bits per heavy atom. The van der Waals surface area contributed by atoms with Crippen LogP contribution in [0.1, 0.15) is 292 Å². The Morgan fingerprint density at radius 1 is 0.333 bits per heavy atom. The van der Waals surface area contributed by atoms with Gasteiger partial charge in [0, 0.05) is 19.3 Å². The van der Waals surface area contributed by atoms with Crippen LogP contribution in [0, 0.1) is 17.8 Å². The summed E-state index contributed by atoms with van der Waals surface area (Å²) in [5.41, 5.74) is 0. The Balaban J connectivity index is 4.28. The van der Waals surface area contributed by atoms with E-state index in [2.05, 4.69) is 41.5 Å². The molecule has 0 heterocycles. The van der Waals surface area contributed by atoms with Gasteiger partial charge in [-0.15, -0.1) is 0 Å². The molecule has 0 aromatic carbocycles. The summed E-state index contributed by atoms with van der Waals surface area (Å²) in [7, 11) is 0. The third-order valence-corrected chi connectivity index (χ3v) is 12.5.